The van der Waals surface area contributed by atoms with E-state index >= 15 is 0 Å². The van der Waals surface area contributed by atoms with E-state index in [9.17, 15) is 0 Å². The summed E-state index contributed by atoms with van der Waals surface area (Å²) in [5, 5.41) is 3.37. The molecule has 44 valence electrons. The number of nitrogens with one attached hydrogen (secondary N) is 1. The molecule has 0 bridgehead atoms. The molecule has 0 saturated heterocycles. The fraction of sp³-hybridized carbons (Fsp3) is 0.714. The Hall–Kier alpha value is -0.300. The fourth-order valence-electron chi connectivity index (χ4n) is 1.35. The van der Waals surface area contributed by atoms with E-state index in [1.54, 1.807) is 11.1 Å². The lowest BCUT2D eigenvalue weighted by Crippen LogP contribution is -2.14. The molecule has 1 heterocycles. The minimum absolute atomic E-state index is 1.22. The van der Waals surface area contributed by atoms with Gasteiger partial charge in [-0.05, 0) is 32.4 Å². The summed E-state index contributed by atoms with van der Waals surface area (Å²) in [6.07, 6.45) is 4.03. The van der Waals surface area contributed by atoms with Crippen LogP contribution in [0.1, 0.15) is 19.3 Å². The molecule has 0 aromatic rings. The Morgan fingerprint density at radius 2 is 1.62 bits per heavy atom. The van der Waals surface area contributed by atoms with Crippen LogP contribution in [-0.4, -0.2) is 13.1 Å². The van der Waals surface area contributed by atoms with E-state index in [2.05, 4.69) is 5.32 Å². The summed E-state index contributed by atoms with van der Waals surface area (Å²) in [6.45, 7) is 2.44. The van der Waals surface area contributed by atoms with Crippen molar-refractivity contribution in [3.63, 3.8) is 0 Å². The predicted octanol–water partition coefficient (Wildman–Crippen LogP) is 1.07. The summed E-state index contributed by atoms with van der Waals surface area (Å²) >= 11 is 0. The summed E-state index contributed by atoms with van der Waals surface area (Å²) in [5.74, 6) is 0. The van der Waals surface area contributed by atoms with Crippen LogP contribution in [0, 0.1) is 0 Å². The molecule has 0 atom stereocenters. The number of hydrogen-bond donors (Lipinski definition) is 1. The van der Waals surface area contributed by atoms with Gasteiger partial charge in [-0.1, -0.05) is 11.1 Å². The van der Waals surface area contributed by atoms with Gasteiger partial charge in [0.2, 0.25) is 0 Å². The smallest absolute Gasteiger partial charge is 0.00113 e. The zero-order valence-electron chi connectivity index (χ0n) is 5.04. The molecule has 0 aromatic heterocycles. The normalized spacial score (nSPS) is 27.0. The molecule has 0 amide bonds. The van der Waals surface area contributed by atoms with Gasteiger partial charge in [-0.3, -0.25) is 0 Å². The van der Waals surface area contributed by atoms with Gasteiger partial charge in [0.25, 0.3) is 0 Å². The van der Waals surface area contributed by atoms with Gasteiger partial charge in [0.05, 0.1) is 0 Å². The average molecular weight is 109 g/mol. The molecular weight excluding hydrogens is 98.1 g/mol. The van der Waals surface area contributed by atoms with Crippen LogP contribution < -0.4 is 5.32 Å². The first-order chi connectivity index (χ1) is 3.97. The molecule has 0 saturated carbocycles. The van der Waals surface area contributed by atoms with Crippen LogP contribution in [-0.2, 0) is 0 Å². The van der Waals surface area contributed by atoms with Crippen molar-refractivity contribution >= 4 is 0 Å². The van der Waals surface area contributed by atoms with Crippen molar-refractivity contribution in [2.24, 2.45) is 0 Å². The third-order valence-electron chi connectivity index (χ3n) is 2.01. The second kappa shape index (κ2) is 1.59. The van der Waals surface area contributed by atoms with Gasteiger partial charge in [0.15, 0.2) is 0 Å². The largest absolute Gasteiger partial charge is 0.316 e. The zero-order valence-corrected chi connectivity index (χ0v) is 5.04. The summed E-state index contributed by atoms with van der Waals surface area (Å²) in [6, 6.07) is 0. The fourth-order valence-corrected chi connectivity index (χ4v) is 1.35. The van der Waals surface area contributed by atoms with E-state index < -0.39 is 0 Å². The Morgan fingerprint density at radius 3 is 2.25 bits per heavy atom. The molecule has 2 rings (SSSR count). The van der Waals surface area contributed by atoms with Crippen LogP contribution >= 0.6 is 0 Å². The van der Waals surface area contributed by atoms with Crippen molar-refractivity contribution in [3.8, 4) is 0 Å². The Balaban J connectivity index is 2.02. The Morgan fingerprint density at radius 1 is 1.00 bits per heavy atom. The van der Waals surface area contributed by atoms with Crippen LogP contribution in [0.4, 0.5) is 0 Å². The molecule has 0 unspecified atom stereocenters. The first kappa shape index (κ1) is 4.57. The lowest BCUT2D eigenvalue weighted by atomic mass is 10.3. The van der Waals surface area contributed by atoms with Gasteiger partial charge in [-0.25, -0.2) is 0 Å². The third kappa shape index (κ3) is 0.671. The molecule has 0 radical (unpaired) electrons. The summed E-state index contributed by atoms with van der Waals surface area (Å²) in [4.78, 5) is 0. The van der Waals surface area contributed by atoms with Crippen molar-refractivity contribution < 1.29 is 0 Å². The van der Waals surface area contributed by atoms with Crippen molar-refractivity contribution in [1.29, 1.82) is 0 Å². The molecule has 1 nitrogen and oxygen atoms in total. The highest BCUT2D eigenvalue weighted by Gasteiger charge is 2.21. The van der Waals surface area contributed by atoms with Crippen LogP contribution in [0.2, 0.25) is 0 Å². The van der Waals surface area contributed by atoms with E-state index in [0.717, 1.165) is 0 Å². The van der Waals surface area contributed by atoms with Crippen LogP contribution in [0.5, 0.6) is 0 Å². The molecule has 1 aliphatic carbocycles. The summed E-state index contributed by atoms with van der Waals surface area (Å²) in [7, 11) is 0. The molecule has 0 aromatic carbocycles. The van der Waals surface area contributed by atoms with E-state index in [4.69, 9.17) is 0 Å². The van der Waals surface area contributed by atoms with E-state index in [-0.39, 0.29) is 0 Å². The number of hydrogen-bond acceptors (Lipinski definition) is 1. The molecule has 1 N–H and O–H groups in total. The van der Waals surface area contributed by atoms with E-state index in [1.807, 2.05) is 0 Å². The molecule has 0 fully saturated rings. The quantitative estimate of drug-likeness (QED) is 0.459. The van der Waals surface area contributed by atoms with Crippen molar-refractivity contribution in [1.82, 2.24) is 5.32 Å². The second-order valence-electron chi connectivity index (χ2n) is 2.63. The maximum Gasteiger partial charge on any atom is -0.00113 e. The lowest BCUT2D eigenvalue weighted by Gasteiger charge is -1.97. The standard InChI is InChI=1S/C7H11N/c1-3-8-4-2-7-5-6(1)7/h8H,1-5H2. The Bertz CT molecular complexity index is 121. The predicted molar refractivity (Wildman–Crippen MR) is 33.7 cm³/mol. The van der Waals surface area contributed by atoms with Gasteiger partial charge in [-0.2, -0.15) is 0 Å². The highest BCUT2D eigenvalue weighted by atomic mass is 14.9. The van der Waals surface area contributed by atoms with Gasteiger partial charge in [0.1, 0.15) is 0 Å². The molecule has 2 aliphatic rings. The lowest BCUT2D eigenvalue weighted by molar-refractivity contribution is 0.691. The minimum Gasteiger partial charge on any atom is -0.316 e. The van der Waals surface area contributed by atoms with Crippen LogP contribution in [0.15, 0.2) is 11.1 Å². The van der Waals surface area contributed by atoms with Crippen molar-refractivity contribution in [2.45, 2.75) is 19.3 Å². The zero-order chi connectivity index (χ0) is 5.40. The maximum atomic E-state index is 3.37. The second-order valence-corrected chi connectivity index (χ2v) is 2.63. The van der Waals surface area contributed by atoms with Crippen LogP contribution in [0.3, 0.4) is 0 Å². The molecule has 1 heteroatoms. The summed E-state index contributed by atoms with van der Waals surface area (Å²) < 4.78 is 0. The number of rotatable bonds is 0. The van der Waals surface area contributed by atoms with Gasteiger partial charge in [-0.15, -0.1) is 0 Å². The highest BCUT2D eigenvalue weighted by Crippen LogP contribution is 2.36. The Kier molecular flexibility index (Phi) is 0.908. The topological polar surface area (TPSA) is 12.0 Å². The maximum absolute atomic E-state index is 3.37. The molecule has 0 spiro atoms. The van der Waals surface area contributed by atoms with Crippen molar-refractivity contribution in [3.05, 3.63) is 11.1 Å². The van der Waals surface area contributed by atoms with Crippen molar-refractivity contribution in [2.75, 3.05) is 13.1 Å². The van der Waals surface area contributed by atoms with Gasteiger partial charge in [0, 0.05) is 0 Å². The first-order valence-corrected chi connectivity index (χ1v) is 3.37. The molecular formula is C7H11N. The van der Waals surface area contributed by atoms with Crippen LogP contribution in [0.25, 0.3) is 0 Å². The third-order valence-corrected chi connectivity index (χ3v) is 2.01. The molecule has 1 aliphatic heterocycles. The summed E-state index contributed by atoms with van der Waals surface area (Å²) in [5.41, 5.74) is 3.49. The van der Waals surface area contributed by atoms with Gasteiger partial charge >= 0.3 is 0 Å². The monoisotopic (exact) mass is 109 g/mol. The Labute approximate surface area is 49.8 Å². The first-order valence-electron chi connectivity index (χ1n) is 3.37. The van der Waals surface area contributed by atoms with Gasteiger partial charge < -0.3 is 5.32 Å². The SMILES string of the molecule is C1CC2=C(CCN1)C2. The van der Waals surface area contributed by atoms with E-state index in [1.165, 1.54) is 32.4 Å². The molecule has 8 heavy (non-hydrogen) atoms. The van der Waals surface area contributed by atoms with E-state index in [0.29, 0.717) is 0 Å². The highest BCUT2D eigenvalue weighted by molar-refractivity contribution is 5.35. The average Bonchev–Trinajstić information content (AvgIpc) is 2.36. The minimum atomic E-state index is 1.22.